The van der Waals surface area contributed by atoms with Crippen LogP contribution in [0.25, 0.3) is 0 Å². The summed E-state index contributed by atoms with van der Waals surface area (Å²) < 4.78 is 5.42. The second-order valence-electron chi connectivity index (χ2n) is 4.61. The van der Waals surface area contributed by atoms with E-state index in [-0.39, 0.29) is 5.91 Å². The van der Waals surface area contributed by atoms with Crippen molar-refractivity contribution >= 4 is 11.6 Å². The van der Waals surface area contributed by atoms with Gasteiger partial charge in [-0.05, 0) is 31.9 Å². The summed E-state index contributed by atoms with van der Waals surface area (Å²) in [7, 11) is 0. The van der Waals surface area contributed by atoms with Crippen LogP contribution in [0.2, 0.25) is 0 Å². The number of anilines is 1. The van der Waals surface area contributed by atoms with Gasteiger partial charge in [-0.2, -0.15) is 0 Å². The highest BCUT2D eigenvalue weighted by Crippen LogP contribution is 2.27. The van der Waals surface area contributed by atoms with Gasteiger partial charge in [0.1, 0.15) is 5.75 Å². The van der Waals surface area contributed by atoms with Gasteiger partial charge in [0.05, 0.1) is 12.0 Å². The summed E-state index contributed by atoms with van der Waals surface area (Å²) in [5, 5.41) is 2.94. The van der Waals surface area contributed by atoms with Crippen LogP contribution < -0.4 is 15.8 Å². The lowest BCUT2D eigenvalue weighted by Gasteiger charge is -2.28. The number of nitrogens with two attached hydrogens (primary N) is 1. The highest BCUT2D eigenvalue weighted by molar-refractivity contribution is 5.95. The van der Waals surface area contributed by atoms with Gasteiger partial charge < -0.3 is 15.8 Å². The van der Waals surface area contributed by atoms with E-state index in [1.54, 1.807) is 0 Å². The van der Waals surface area contributed by atoms with Crippen molar-refractivity contribution in [2.24, 2.45) is 11.1 Å². The number of ether oxygens (including phenoxy) is 1. The lowest BCUT2D eigenvalue weighted by atomic mass is 9.81. The molecule has 4 heteroatoms. The highest BCUT2D eigenvalue weighted by Gasteiger charge is 2.33. The molecule has 4 nitrogen and oxygen atoms in total. The zero-order valence-corrected chi connectivity index (χ0v) is 12.0. The van der Waals surface area contributed by atoms with Crippen molar-refractivity contribution in [1.29, 1.82) is 0 Å². The predicted molar refractivity (Wildman–Crippen MR) is 78.3 cm³/mol. The van der Waals surface area contributed by atoms with Gasteiger partial charge in [0.15, 0.2) is 0 Å². The third-order valence-electron chi connectivity index (χ3n) is 3.63. The highest BCUT2D eigenvalue weighted by atomic mass is 16.5. The molecule has 0 atom stereocenters. The van der Waals surface area contributed by atoms with Gasteiger partial charge in [0.25, 0.3) is 0 Å². The zero-order valence-electron chi connectivity index (χ0n) is 12.0. The molecule has 0 saturated carbocycles. The van der Waals surface area contributed by atoms with E-state index >= 15 is 0 Å². The first-order valence-electron chi connectivity index (χ1n) is 6.86. The molecule has 0 saturated heterocycles. The fraction of sp³-hybridized carbons (Fsp3) is 0.533. The van der Waals surface area contributed by atoms with Gasteiger partial charge in [-0.1, -0.05) is 19.9 Å². The molecular weight excluding hydrogens is 240 g/mol. The molecule has 0 spiro atoms. The van der Waals surface area contributed by atoms with Gasteiger partial charge in [-0.15, -0.1) is 0 Å². The first kappa shape index (κ1) is 15.5. The van der Waals surface area contributed by atoms with Crippen LogP contribution in [0.1, 0.15) is 33.6 Å². The van der Waals surface area contributed by atoms with Crippen LogP contribution in [-0.2, 0) is 4.79 Å². The lowest BCUT2D eigenvalue weighted by molar-refractivity contribution is -0.125. The molecule has 0 radical (unpaired) electrons. The Kier molecular flexibility index (Phi) is 5.83. The summed E-state index contributed by atoms with van der Waals surface area (Å²) in [6.45, 7) is 6.88. The van der Waals surface area contributed by atoms with Crippen molar-refractivity contribution in [2.75, 3.05) is 18.5 Å². The molecule has 3 N–H and O–H groups in total. The van der Waals surface area contributed by atoms with Crippen LogP contribution >= 0.6 is 0 Å². The molecule has 19 heavy (non-hydrogen) atoms. The fourth-order valence-corrected chi connectivity index (χ4v) is 2.05. The van der Waals surface area contributed by atoms with E-state index < -0.39 is 5.41 Å². The SMILES string of the molecule is CCOc1cccc(NC(=O)C(CC)(CC)CN)c1. The van der Waals surface area contributed by atoms with Crippen LogP contribution in [0.5, 0.6) is 5.75 Å². The maximum Gasteiger partial charge on any atom is 0.231 e. The topological polar surface area (TPSA) is 64.3 Å². The quantitative estimate of drug-likeness (QED) is 0.796. The fourth-order valence-electron chi connectivity index (χ4n) is 2.05. The number of carbonyl (C=O) groups is 1. The van der Waals surface area contributed by atoms with E-state index in [0.717, 1.165) is 24.3 Å². The summed E-state index contributed by atoms with van der Waals surface area (Å²) in [5.74, 6) is 0.736. The second-order valence-corrected chi connectivity index (χ2v) is 4.61. The standard InChI is InChI=1S/C15H24N2O2/c1-4-15(5-2,11-16)14(18)17-12-8-7-9-13(10-12)19-6-3/h7-10H,4-6,11,16H2,1-3H3,(H,17,18). The minimum atomic E-state index is -0.485. The minimum absolute atomic E-state index is 0.0198. The third kappa shape index (κ3) is 3.70. The summed E-state index contributed by atoms with van der Waals surface area (Å²) in [6.07, 6.45) is 1.47. The Labute approximate surface area is 115 Å². The largest absolute Gasteiger partial charge is 0.494 e. The van der Waals surface area contributed by atoms with Crippen molar-refractivity contribution in [3.05, 3.63) is 24.3 Å². The van der Waals surface area contributed by atoms with Crippen molar-refractivity contribution in [1.82, 2.24) is 0 Å². The summed E-state index contributed by atoms with van der Waals surface area (Å²) in [4.78, 5) is 12.4. The number of hydrogen-bond acceptors (Lipinski definition) is 3. The number of rotatable bonds is 7. The molecule has 0 aliphatic carbocycles. The van der Waals surface area contributed by atoms with Gasteiger partial charge >= 0.3 is 0 Å². The molecule has 0 aliphatic heterocycles. The molecule has 0 fully saturated rings. The van der Waals surface area contributed by atoms with Crippen molar-refractivity contribution in [2.45, 2.75) is 33.6 Å². The van der Waals surface area contributed by atoms with E-state index in [9.17, 15) is 4.79 Å². The van der Waals surface area contributed by atoms with Crippen LogP contribution in [0.3, 0.4) is 0 Å². The third-order valence-corrected chi connectivity index (χ3v) is 3.63. The molecular formula is C15H24N2O2. The van der Waals surface area contributed by atoms with E-state index in [1.165, 1.54) is 0 Å². The summed E-state index contributed by atoms with van der Waals surface area (Å²) in [5.41, 5.74) is 6.04. The Balaban J connectivity index is 2.83. The normalized spacial score (nSPS) is 11.2. The monoisotopic (exact) mass is 264 g/mol. The van der Waals surface area contributed by atoms with Gasteiger partial charge in [-0.3, -0.25) is 4.79 Å². The Morgan fingerprint density at radius 3 is 2.53 bits per heavy atom. The Morgan fingerprint density at radius 2 is 2.00 bits per heavy atom. The molecule has 106 valence electrons. The Morgan fingerprint density at radius 1 is 1.32 bits per heavy atom. The van der Waals surface area contributed by atoms with Crippen molar-refractivity contribution in [3.63, 3.8) is 0 Å². The van der Waals surface area contributed by atoms with Crippen molar-refractivity contribution in [3.8, 4) is 5.75 Å². The number of carbonyl (C=O) groups excluding carboxylic acids is 1. The number of benzene rings is 1. The molecule has 1 aromatic rings. The van der Waals surface area contributed by atoms with E-state index in [0.29, 0.717) is 13.2 Å². The molecule has 1 aromatic carbocycles. The molecule has 0 heterocycles. The second kappa shape index (κ2) is 7.14. The molecule has 1 amide bonds. The average molecular weight is 264 g/mol. The average Bonchev–Trinajstić information content (AvgIpc) is 2.42. The smallest absolute Gasteiger partial charge is 0.231 e. The Bertz CT molecular complexity index is 406. The summed E-state index contributed by atoms with van der Waals surface area (Å²) in [6, 6.07) is 7.42. The maximum absolute atomic E-state index is 12.4. The number of nitrogens with one attached hydrogen (secondary N) is 1. The number of amides is 1. The van der Waals surface area contributed by atoms with Gasteiger partial charge in [0.2, 0.25) is 5.91 Å². The first-order chi connectivity index (χ1) is 9.11. The van der Waals surface area contributed by atoms with E-state index in [4.69, 9.17) is 10.5 Å². The van der Waals surface area contributed by atoms with Crippen LogP contribution in [0, 0.1) is 5.41 Å². The first-order valence-corrected chi connectivity index (χ1v) is 6.86. The molecule has 0 aliphatic rings. The van der Waals surface area contributed by atoms with Gasteiger partial charge in [0, 0.05) is 18.3 Å². The summed E-state index contributed by atoms with van der Waals surface area (Å²) >= 11 is 0. The maximum atomic E-state index is 12.4. The van der Waals surface area contributed by atoms with Crippen LogP contribution in [0.15, 0.2) is 24.3 Å². The minimum Gasteiger partial charge on any atom is -0.494 e. The molecule has 1 rings (SSSR count). The molecule has 0 aromatic heterocycles. The predicted octanol–water partition coefficient (Wildman–Crippen LogP) is 2.79. The van der Waals surface area contributed by atoms with Gasteiger partial charge in [-0.25, -0.2) is 0 Å². The van der Waals surface area contributed by atoms with Crippen molar-refractivity contribution < 1.29 is 9.53 Å². The zero-order chi connectivity index (χ0) is 14.3. The Hall–Kier alpha value is -1.55. The van der Waals surface area contributed by atoms with E-state index in [2.05, 4.69) is 5.32 Å². The molecule has 0 bridgehead atoms. The van der Waals surface area contributed by atoms with Crippen LogP contribution in [-0.4, -0.2) is 19.1 Å². The lowest BCUT2D eigenvalue weighted by Crippen LogP contribution is -2.41. The van der Waals surface area contributed by atoms with Crippen LogP contribution in [0.4, 0.5) is 5.69 Å². The van der Waals surface area contributed by atoms with E-state index in [1.807, 2.05) is 45.0 Å². The number of hydrogen-bond donors (Lipinski definition) is 2. The molecule has 0 unspecified atom stereocenters.